The van der Waals surface area contributed by atoms with Gasteiger partial charge in [-0.15, -0.1) is 11.8 Å². The van der Waals surface area contributed by atoms with Gasteiger partial charge in [-0.05, 0) is 61.1 Å². The summed E-state index contributed by atoms with van der Waals surface area (Å²) >= 11 is 1.46. The zero-order valence-corrected chi connectivity index (χ0v) is 31.2. The SMILES string of the molecule is COc1cc2c(cc1O)CCNC21CS[C@@H]2c3c(OC(C)=O)c(C)c4c(c3[C@@H](COC1=O)N1C2[C@@H]2N[C@@H](Cc3cc(C)c(OC)c(O)c32)[C@@H]1C#N)OCO4. The van der Waals surface area contributed by atoms with Crippen LogP contribution in [0.4, 0.5) is 0 Å². The van der Waals surface area contributed by atoms with Crippen molar-refractivity contribution in [1.29, 1.82) is 5.26 Å². The number of thioether (sulfide) groups is 1. The monoisotopic (exact) mass is 756 g/mol. The van der Waals surface area contributed by atoms with Crippen molar-refractivity contribution in [1.82, 2.24) is 15.5 Å². The molecule has 0 amide bonds. The molecule has 1 spiro atoms. The largest absolute Gasteiger partial charge is 0.504 e. The molecule has 0 aliphatic carbocycles. The third kappa shape index (κ3) is 4.76. The lowest BCUT2D eigenvalue weighted by Crippen LogP contribution is -2.69. The number of hydrogen-bond donors (Lipinski definition) is 4. The van der Waals surface area contributed by atoms with E-state index in [0.29, 0.717) is 70.2 Å². The van der Waals surface area contributed by atoms with E-state index in [1.54, 1.807) is 12.1 Å². The maximum atomic E-state index is 14.7. The molecule has 7 aliphatic rings. The van der Waals surface area contributed by atoms with Crippen LogP contribution in [0.3, 0.4) is 0 Å². The minimum absolute atomic E-state index is 0.0248. The Kier molecular flexibility index (Phi) is 8.13. The van der Waals surface area contributed by atoms with E-state index in [1.165, 1.54) is 32.9 Å². The van der Waals surface area contributed by atoms with Gasteiger partial charge in [-0.25, -0.2) is 4.79 Å². The van der Waals surface area contributed by atoms with E-state index >= 15 is 0 Å². The van der Waals surface area contributed by atoms with Crippen LogP contribution in [0.1, 0.15) is 68.8 Å². The average Bonchev–Trinajstić information content (AvgIpc) is 3.64. The number of carbonyl (C=O) groups is 2. The zero-order valence-electron chi connectivity index (χ0n) is 30.4. The molecule has 7 atom stereocenters. The van der Waals surface area contributed by atoms with E-state index in [1.807, 2.05) is 19.9 Å². The topological polar surface area (TPSA) is 181 Å². The summed E-state index contributed by atoms with van der Waals surface area (Å²) in [6.45, 7) is 5.25. The van der Waals surface area contributed by atoms with Gasteiger partial charge in [0.15, 0.2) is 40.0 Å². The van der Waals surface area contributed by atoms with Gasteiger partial charge in [0.2, 0.25) is 6.79 Å². The van der Waals surface area contributed by atoms with Crippen molar-refractivity contribution in [3.05, 3.63) is 62.7 Å². The highest BCUT2D eigenvalue weighted by Gasteiger charge is 2.60. The van der Waals surface area contributed by atoms with Gasteiger partial charge >= 0.3 is 11.9 Å². The molecule has 3 aromatic carbocycles. The molecule has 0 aromatic heterocycles. The molecule has 15 heteroatoms. The number of aryl methyl sites for hydroxylation is 1. The Labute approximate surface area is 315 Å². The summed E-state index contributed by atoms with van der Waals surface area (Å²) in [4.78, 5) is 29.7. The van der Waals surface area contributed by atoms with Gasteiger partial charge in [0, 0.05) is 53.6 Å². The van der Waals surface area contributed by atoms with Crippen LogP contribution in [0.2, 0.25) is 0 Å². The maximum Gasteiger partial charge on any atom is 0.331 e. The summed E-state index contributed by atoms with van der Waals surface area (Å²) < 4.78 is 35.9. The summed E-state index contributed by atoms with van der Waals surface area (Å²) in [5, 5.41) is 40.3. The van der Waals surface area contributed by atoms with Gasteiger partial charge in [0.05, 0.1) is 37.6 Å². The molecule has 54 heavy (non-hydrogen) atoms. The van der Waals surface area contributed by atoms with E-state index in [9.17, 15) is 25.1 Å². The number of methoxy groups -OCH3 is 2. The normalized spacial score (nSPS) is 28.9. The number of benzene rings is 3. The van der Waals surface area contributed by atoms with Crippen LogP contribution in [0.15, 0.2) is 18.2 Å². The molecule has 14 nitrogen and oxygen atoms in total. The van der Waals surface area contributed by atoms with Crippen molar-refractivity contribution in [2.75, 3.05) is 39.9 Å². The molecule has 7 aliphatic heterocycles. The Morgan fingerprint density at radius 3 is 2.59 bits per heavy atom. The van der Waals surface area contributed by atoms with Crippen LogP contribution in [0, 0.1) is 25.2 Å². The number of piperazine rings is 1. The number of phenols is 2. The predicted octanol–water partition coefficient (Wildman–Crippen LogP) is 3.64. The number of esters is 2. The second kappa shape index (κ2) is 12.6. The first kappa shape index (κ1) is 34.9. The number of aromatic hydroxyl groups is 2. The first-order valence-electron chi connectivity index (χ1n) is 17.9. The highest BCUT2D eigenvalue weighted by atomic mass is 32.2. The fourth-order valence-corrected chi connectivity index (χ4v) is 11.5. The lowest BCUT2D eigenvalue weighted by molar-refractivity contribution is -0.155. The van der Waals surface area contributed by atoms with E-state index in [-0.39, 0.29) is 42.4 Å². The number of nitrogens with one attached hydrogen (secondary N) is 2. The van der Waals surface area contributed by atoms with Crippen molar-refractivity contribution in [3.8, 4) is 46.3 Å². The van der Waals surface area contributed by atoms with Crippen LogP contribution in [0.25, 0.3) is 0 Å². The van der Waals surface area contributed by atoms with Crippen LogP contribution in [-0.2, 0) is 32.7 Å². The Morgan fingerprint density at radius 1 is 1.06 bits per heavy atom. The highest BCUT2D eigenvalue weighted by Crippen LogP contribution is 2.63. The Hall–Kier alpha value is -4.88. The molecule has 7 heterocycles. The third-order valence-corrected chi connectivity index (χ3v) is 13.4. The number of rotatable bonds is 3. The van der Waals surface area contributed by atoms with Gasteiger partial charge in [-0.1, -0.05) is 6.07 Å². The molecule has 4 bridgehead atoms. The third-order valence-electron chi connectivity index (χ3n) is 11.9. The van der Waals surface area contributed by atoms with Crippen molar-refractivity contribution in [3.63, 3.8) is 0 Å². The summed E-state index contributed by atoms with van der Waals surface area (Å²) in [5.41, 5.74) is 4.33. The van der Waals surface area contributed by atoms with E-state index in [2.05, 4.69) is 21.6 Å². The van der Waals surface area contributed by atoms with Gasteiger partial charge in [-0.3, -0.25) is 15.0 Å². The molecular weight excluding hydrogens is 717 g/mol. The molecule has 10 rings (SSSR count). The number of hydrogen-bond acceptors (Lipinski definition) is 15. The fraction of sp³-hybridized carbons (Fsp3) is 0.462. The number of carbonyl (C=O) groups excluding carboxylic acids is 2. The summed E-state index contributed by atoms with van der Waals surface area (Å²) in [6, 6.07) is 5.06. The first-order chi connectivity index (χ1) is 26.0. The van der Waals surface area contributed by atoms with Crippen LogP contribution < -0.4 is 34.3 Å². The van der Waals surface area contributed by atoms with Crippen LogP contribution in [0.5, 0.6) is 40.2 Å². The molecule has 2 fully saturated rings. The van der Waals surface area contributed by atoms with Crippen molar-refractivity contribution in [2.45, 2.75) is 74.6 Å². The van der Waals surface area contributed by atoms with Crippen molar-refractivity contribution in [2.24, 2.45) is 0 Å². The summed E-state index contributed by atoms with van der Waals surface area (Å²) in [7, 11) is 2.99. The van der Waals surface area contributed by atoms with E-state index in [0.717, 1.165) is 16.7 Å². The second-order valence-corrected chi connectivity index (χ2v) is 15.8. The molecule has 0 saturated carbocycles. The molecule has 282 valence electrons. The number of nitrogens with zero attached hydrogens (tertiary/aromatic N) is 2. The standard InChI is InChI=1S/C39H40N4O10S/c1-16-8-20-9-22-23(12-40)43-24-13-50-38(47)39(21-11-26(48-4)25(45)10-19(21)6-7-41-39)14-54-37(31(43)30(42-22)27(20)32(46)33(16)49-5)29-28(24)36-35(51-15-52-36)17(2)34(29)53-18(3)44/h8,10-11,22-24,30-31,37,41-42,45-46H,6-7,9,13-15H2,1-5H3/t22-,23-,24+,30+,31?,37+,39?/m0/s1. The fourth-order valence-electron chi connectivity index (χ4n) is 9.79. The zero-order chi connectivity index (χ0) is 37.8. The molecule has 4 N–H and O–H groups in total. The highest BCUT2D eigenvalue weighted by molar-refractivity contribution is 7.99. The average molecular weight is 757 g/mol. The second-order valence-electron chi connectivity index (χ2n) is 14.7. The number of fused-ring (bicyclic) bond motifs is 9. The number of phenolic OH excluding ortho intramolecular Hbond substituents is 2. The smallest absolute Gasteiger partial charge is 0.331 e. The van der Waals surface area contributed by atoms with Crippen LogP contribution >= 0.6 is 11.8 Å². The lowest BCUT2D eigenvalue weighted by atomic mass is 9.72. The molecule has 2 unspecified atom stereocenters. The van der Waals surface area contributed by atoms with E-state index < -0.39 is 46.9 Å². The van der Waals surface area contributed by atoms with Gasteiger partial charge in [0.25, 0.3) is 0 Å². The first-order valence-corrected chi connectivity index (χ1v) is 19.0. The van der Waals surface area contributed by atoms with E-state index in [4.69, 9.17) is 28.4 Å². The van der Waals surface area contributed by atoms with Crippen molar-refractivity contribution < 1.29 is 48.2 Å². The number of nitriles is 1. The molecule has 3 aromatic rings. The van der Waals surface area contributed by atoms with Crippen LogP contribution in [-0.4, -0.2) is 85.1 Å². The van der Waals surface area contributed by atoms with Gasteiger partial charge in [-0.2, -0.15) is 5.26 Å². The minimum Gasteiger partial charge on any atom is -0.504 e. The van der Waals surface area contributed by atoms with Crippen molar-refractivity contribution >= 4 is 23.7 Å². The lowest BCUT2D eigenvalue weighted by Gasteiger charge is -2.59. The Morgan fingerprint density at radius 2 is 1.85 bits per heavy atom. The summed E-state index contributed by atoms with van der Waals surface area (Å²) in [6.07, 6.45) is 1.03. The summed E-state index contributed by atoms with van der Waals surface area (Å²) in [5.74, 6) is 0.913. The Balaban J connectivity index is 1.32. The quantitative estimate of drug-likeness (QED) is 0.225. The van der Waals surface area contributed by atoms with Gasteiger partial charge in [0.1, 0.15) is 18.4 Å². The molecule has 0 radical (unpaired) electrons. The molecular formula is C39H40N4O10S. The maximum absolute atomic E-state index is 14.7. The number of ether oxygens (including phenoxy) is 6. The molecule has 2 saturated heterocycles. The predicted molar refractivity (Wildman–Crippen MR) is 193 cm³/mol. The van der Waals surface area contributed by atoms with Gasteiger partial charge < -0.3 is 44.0 Å². The Bertz CT molecular complexity index is 2190. The minimum atomic E-state index is -1.36.